The number of ether oxygens (including phenoxy) is 1. The molecular formula is C12H11N3O2. The van der Waals surface area contributed by atoms with Gasteiger partial charge in [0.2, 0.25) is 11.7 Å². The van der Waals surface area contributed by atoms with Gasteiger partial charge in [0.05, 0.1) is 0 Å². The molecule has 2 heterocycles. The minimum absolute atomic E-state index is 0.313. The number of nitrogens with one attached hydrogen (secondary N) is 1. The molecule has 0 spiro atoms. The highest BCUT2D eigenvalue weighted by Gasteiger charge is 2.03. The smallest absolute Gasteiger partial charge is 0.223 e. The second kappa shape index (κ2) is 3.93. The monoisotopic (exact) mass is 229 g/mol. The van der Waals surface area contributed by atoms with Crippen LogP contribution in [0.15, 0.2) is 35.0 Å². The fourth-order valence-corrected chi connectivity index (χ4v) is 1.67. The number of aromatic amines is 1. The van der Waals surface area contributed by atoms with Gasteiger partial charge in [-0.1, -0.05) is 5.16 Å². The van der Waals surface area contributed by atoms with Crippen LogP contribution in [0.5, 0.6) is 5.75 Å². The highest BCUT2D eigenvalue weighted by atomic mass is 16.5. The SMILES string of the molecule is Cc1nc(COc2ccc3[nH]ccc3c2)no1. The molecule has 0 saturated heterocycles. The summed E-state index contributed by atoms with van der Waals surface area (Å²) < 4.78 is 10.4. The predicted molar refractivity (Wildman–Crippen MR) is 61.7 cm³/mol. The van der Waals surface area contributed by atoms with Crippen LogP contribution in [0.4, 0.5) is 0 Å². The maximum Gasteiger partial charge on any atom is 0.223 e. The lowest BCUT2D eigenvalue weighted by atomic mass is 10.2. The number of aromatic nitrogens is 3. The van der Waals surface area contributed by atoms with Crippen molar-refractivity contribution in [2.24, 2.45) is 0 Å². The van der Waals surface area contributed by atoms with Gasteiger partial charge in [0.25, 0.3) is 0 Å². The summed E-state index contributed by atoms with van der Waals surface area (Å²) in [7, 11) is 0. The number of fused-ring (bicyclic) bond motifs is 1. The zero-order valence-electron chi connectivity index (χ0n) is 9.30. The van der Waals surface area contributed by atoms with E-state index in [9.17, 15) is 0 Å². The van der Waals surface area contributed by atoms with Gasteiger partial charge in [-0.2, -0.15) is 4.98 Å². The molecule has 0 aliphatic rings. The molecule has 86 valence electrons. The molecule has 0 atom stereocenters. The molecule has 0 unspecified atom stereocenters. The maximum atomic E-state index is 5.58. The number of aryl methyl sites for hydroxylation is 1. The van der Waals surface area contributed by atoms with Crippen LogP contribution in [0.25, 0.3) is 10.9 Å². The van der Waals surface area contributed by atoms with Crippen LogP contribution in [-0.4, -0.2) is 15.1 Å². The number of hydrogen-bond donors (Lipinski definition) is 1. The van der Waals surface area contributed by atoms with Crippen molar-refractivity contribution in [2.45, 2.75) is 13.5 Å². The molecule has 1 N–H and O–H groups in total. The standard InChI is InChI=1S/C12H11N3O2/c1-8-14-12(15-17-8)7-16-10-2-3-11-9(6-10)4-5-13-11/h2-6,13H,7H2,1H3. The van der Waals surface area contributed by atoms with Gasteiger partial charge in [-0.3, -0.25) is 0 Å². The van der Waals surface area contributed by atoms with E-state index in [-0.39, 0.29) is 0 Å². The second-order valence-corrected chi connectivity index (χ2v) is 3.75. The van der Waals surface area contributed by atoms with Crippen molar-refractivity contribution < 1.29 is 9.26 Å². The van der Waals surface area contributed by atoms with Crippen LogP contribution in [0, 0.1) is 6.92 Å². The molecule has 2 aromatic heterocycles. The average molecular weight is 229 g/mol. The van der Waals surface area contributed by atoms with Crippen LogP contribution in [0.1, 0.15) is 11.7 Å². The minimum atomic E-state index is 0.313. The lowest BCUT2D eigenvalue weighted by Crippen LogP contribution is -1.97. The van der Waals surface area contributed by atoms with E-state index in [0.29, 0.717) is 18.3 Å². The topological polar surface area (TPSA) is 63.9 Å². The Hall–Kier alpha value is -2.30. The third-order valence-electron chi connectivity index (χ3n) is 2.46. The van der Waals surface area contributed by atoms with E-state index < -0.39 is 0 Å². The molecule has 3 aromatic rings. The molecule has 17 heavy (non-hydrogen) atoms. The summed E-state index contributed by atoms with van der Waals surface area (Å²) in [5.41, 5.74) is 1.09. The lowest BCUT2D eigenvalue weighted by molar-refractivity contribution is 0.286. The molecule has 5 heteroatoms. The van der Waals surface area contributed by atoms with E-state index in [1.807, 2.05) is 30.5 Å². The van der Waals surface area contributed by atoms with Gasteiger partial charge in [-0.15, -0.1) is 0 Å². The van der Waals surface area contributed by atoms with Gasteiger partial charge in [-0.25, -0.2) is 0 Å². The van der Waals surface area contributed by atoms with Crippen molar-refractivity contribution in [1.29, 1.82) is 0 Å². The van der Waals surface area contributed by atoms with Gasteiger partial charge in [0.1, 0.15) is 5.75 Å². The number of hydrogen-bond acceptors (Lipinski definition) is 4. The quantitative estimate of drug-likeness (QED) is 0.749. The first kappa shape index (κ1) is 9.89. The lowest BCUT2D eigenvalue weighted by Gasteiger charge is -2.02. The van der Waals surface area contributed by atoms with E-state index in [4.69, 9.17) is 9.26 Å². The number of nitrogens with zero attached hydrogens (tertiary/aromatic N) is 2. The van der Waals surface area contributed by atoms with E-state index >= 15 is 0 Å². The van der Waals surface area contributed by atoms with Crippen LogP contribution in [0.2, 0.25) is 0 Å². The fourth-order valence-electron chi connectivity index (χ4n) is 1.67. The Labute approximate surface area is 97.4 Å². The first-order valence-electron chi connectivity index (χ1n) is 5.30. The summed E-state index contributed by atoms with van der Waals surface area (Å²) in [6, 6.07) is 7.86. The van der Waals surface area contributed by atoms with E-state index in [1.54, 1.807) is 6.92 Å². The molecule has 1 aromatic carbocycles. The average Bonchev–Trinajstić information content (AvgIpc) is 2.94. The normalized spacial score (nSPS) is 10.9. The van der Waals surface area contributed by atoms with Gasteiger partial charge in [-0.05, 0) is 24.3 Å². The Morgan fingerprint density at radius 3 is 3.12 bits per heavy atom. The zero-order chi connectivity index (χ0) is 11.7. The third kappa shape index (κ3) is 1.99. The van der Waals surface area contributed by atoms with E-state index in [0.717, 1.165) is 16.7 Å². The van der Waals surface area contributed by atoms with Crippen LogP contribution >= 0.6 is 0 Å². The first-order chi connectivity index (χ1) is 8.31. The third-order valence-corrected chi connectivity index (χ3v) is 2.46. The van der Waals surface area contributed by atoms with Crippen LogP contribution < -0.4 is 4.74 Å². The largest absolute Gasteiger partial charge is 0.485 e. The van der Waals surface area contributed by atoms with Gasteiger partial charge < -0.3 is 14.2 Å². The maximum absolute atomic E-state index is 5.58. The van der Waals surface area contributed by atoms with E-state index in [2.05, 4.69) is 15.1 Å². The highest BCUT2D eigenvalue weighted by molar-refractivity contribution is 5.80. The Morgan fingerprint density at radius 2 is 2.29 bits per heavy atom. The number of benzene rings is 1. The molecule has 0 aliphatic heterocycles. The second-order valence-electron chi connectivity index (χ2n) is 3.75. The summed E-state index contributed by atoms with van der Waals surface area (Å²) in [5.74, 6) is 1.89. The van der Waals surface area contributed by atoms with Crippen molar-refractivity contribution in [1.82, 2.24) is 15.1 Å². The van der Waals surface area contributed by atoms with Gasteiger partial charge in [0.15, 0.2) is 6.61 Å². The van der Waals surface area contributed by atoms with Gasteiger partial charge in [0, 0.05) is 24.0 Å². The van der Waals surface area contributed by atoms with Crippen molar-refractivity contribution in [3.8, 4) is 5.75 Å². The summed E-state index contributed by atoms with van der Waals surface area (Å²) in [6.07, 6.45) is 1.90. The molecule has 0 bridgehead atoms. The van der Waals surface area contributed by atoms with Gasteiger partial charge >= 0.3 is 0 Å². The summed E-state index contributed by atoms with van der Waals surface area (Å²) >= 11 is 0. The van der Waals surface area contributed by atoms with Crippen LogP contribution in [-0.2, 0) is 6.61 Å². The number of rotatable bonds is 3. The van der Waals surface area contributed by atoms with Crippen molar-refractivity contribution in [3.05, 3.63) is 42.2 Å². The Balaban J connectivity index is 1.76. The highest BCUT2D eigenvalue weighted by Crippen LogP contribution is 2.20. The molecular weight excluding hydrogens is 218 g/mol. The Kier molecular flexibility index (Phi) is 2.29. The van der Waals surface area contributed by atoms with Crippen molar-refractivity contribution >= 4 is 10.9 Å². The predicted octanol–water partition coefficient (Wildman–Crippen LogP) is 2.44. The molecule has 0 amide bonds. The van der Waals surface area contributed by atoms with Crippen molar-refractivity contribution in [2.75, 3.05) is 0 Å². The molecule has 0 aliphatic carbocycles. The number of H-pyrrole nitrogens is 1. The summed E-state index contributed by atoms with van der Waals surface area (Å²) in [4.78, 5) is 7.20. The summed E-state index contributed by atoms with van der Waals surface area (Å²) in [5, 5.41) is 4.88. The molecule has 5 nitrogen and oxygen atoms in total. The molecule has 3 rings (SSSR count). The van der Waals surface area contributed by atoms with E-state index in [1.165, 1.54) is 0 Å². The zero-order valence-corrected chi connectivity index (χ0v) is 9.30. The van der Waals surface area contributed by atoms with Crippen LogP contribution in [0.3, 0.4) is 0 Å². The molecule has 0 saturated carbocycles. The first-order valence-corrected chi connectivity index (χ1v) is 5.30. The molecule has 0 radical (unpaired) electrons. The Bertz CT molecular complexity index is 642. The minimum Gasteiger partial charge on any atom is -0.485 e. The summed E-state index contributed by atoms with van der Waals surface area (Å²) in [6.45, 7) is 2.07. The molecule has 0 fully saturated rings. The Morgan fingerprint density at radius 1 is 1.35 bits per heavy atom. The fraction of sp³-hybridized carbons (Fsp3) is 0.167. The van der Waals surface area contributed by atoms with Crippen molar-refractivity contribution in [3.63, 3.8) is 0 Å².